The second-order valence-corrected chi connectivity index (χ2v) is 3.66. The Bertz CT molecular complexity index is 297. The molecular formula is C10H15N3O. The average molecular weight is 193 g/mol. The summed E-state index contributed by atoms with van der Waals surface area (Å²) in [6.45, 7) is 1.74. The topological polar surface area (TPSA) is 61.0 Å². The van der Waals surface area contributed by atoms with Crippen molar-refractivity contribution in [2.24, 2.45) is 5.92 Å². The first-order valence-corrected chi connectivity index (χ1v) is 5.00. The summed E-state index contributed by atoms with van der Waals surface area (Å²) >= 11 is 0. The van der Waals surface area contributed by atoms with Crippen molar-refractivity contribution in [2.45, 2.75) is 19.3 Å². The minimum atomic E-state index is 0.557. The molecule has 2 rings (SSSR count). The maximum Gasteiger partial charge on any atom is 0.130 e. The lowest BCUT2D eigenvalue weighted by Gasteiger charge is -2.20. The molecule has 0 saturated carbocycles. The minimum absolute atomic E-state index is 0.557. The zero-order valence-corrected chi connectivity index (χ0v) is 8.15. The molecule has 1 aromatic rings. The monoisotopic (exact) mass is 193 g/mol. The first-order valence-electron chi connectivity index (χ1n) is 5.00. The van der Waals surface area contributed by atoms with E-state index in [1.165, 1.54) is 0 Å². The van der Waals surface area contributed by atoms with E-state index in [0.29, 0.717) is 11.7 Å². The highest BCUT2D eigenvalue weighted by atomic mass is 16.5. The van der Waals surface area contributed by atoms with Crippen molar-refractivity contribution in [3.8, 4) is 0 Å². The second-order valence-electron chi connectivity index (χ2n) is 3.66. The molecule has 0 atom stereocenters. The third kappa shape index (κ3) is 2.42. The molecule has 4 heteroatoms. The van der Waals surface area contributed by atoms with E-state index < -0.39 is 0 Å². The summed E-state index contributed by atoms with van der Waals surface area (Å²) < 4.78 is 5.30. The van der Waals surface area contributed by atoms with Crippen LogP contribution in [0.5, 0.6) is 0 Å². The van der Waals surface area contributed by atoms with Crippen LogP contribution in [-0.4, -0.2) is 23.2 Å². The van der Waals surface area contributed by atoms with Gasteiger partial charge in [0, 0.05) is 25.8 Å². The Morgan fingerprint density at radius 2 is 2.21 bits per heavy atom. The number of hydrogen-bond acceptors (Lipinski definition) is 4. The molecule has 1 aliphatic rings. The van der Waals surface area contributed by atoms with Crippen LogP contribution in [0.1, 0.15) is 18.7 Å². The van der Waals surface area contributed by atoms with Crippen LogP contribution in [0.3, 0.4) is 0 Å². The summed E-state index contributed by atoms with van der Waals surface area (Å²) in [7, 11) is 0. The van der Waals surface area contributed by atoms with Gasteiger partial charge in [-0.15, -0.1) is 0 Å². The van der Waals surface area contributed by atoms with Crippen LogP contribution in [0, 0.1) is 5.92 Å². The van der Waals surface area contributed by atoms with E-state index in [-0.39, 0.29) is 0 Å². The largest absolute Gasteiger partial charge is 0.384 e. The molecule has 0 unspecified atom stereocenters. The standard InChI is InChI=1S/C10H15N3O/c11-9-1-4-12-10(13-9)7-8-2-5-14-6-3-8/h1,4,8H,2-3,5-7H2,(H2,11,12,13). The van der Waals surface area contributed by atoms with E-state index in [2.05, 4.69) is 9.97 Å². The lowest BCUT2D eigenvalue weighted by molar-refractivity contribution is 0.0660. The number of nitrogens with zero attached hydrogens (tertiary/aromatic N) is 2. The van der Waals surface area contributed by atoms with Gasteiger partial charge in [0.25, 0.3) is 0 Å². The second kappa shape index (κ2) is 4.37. The molecule has 1 aromatic heterocycles. The van der Waals surface area contributed by atoms with Gasteiger partial charge in [-0.2, -0.15) is 0 Å². The molecule has 1 aliphatic heterocycles. The van der Waals surface area contributed by atoms with Gasteiger partial charge < -0.3 is 10.5 Å². The molecule has 4 nitrogen and oxygen atoms in total. The van der Waals surface area contributed by atoms with Crippen LogP contribution in [0.2, 0.25) is 0 Å². The summed E-state index contributed by atoms with van der Waals surface area (Å²) in [5.41, 5.74) is 5.59. The normalized spacial score (nSPS) is 18.3. The van der Waals surface area contributed by atoms with Crippen LogP contribution in [0.4, 0.5) is 5.82 Å². The molecule has 1 saturated heterocycles. The smallest absolute Gasteiger partial charge is 0.130 e. The number of nitrogen functional groups attached to an aromatic ring is 1. The summed E-state index contributed by atoms with van der Waals surface area (Å²) in [4.78, 5) is 8.39. The Morgan fingerprint density at radius 3 is 2.93 bits per heavy atom. The van der Waals surface area contributed by atoms with Gasteiger partial charge in [-0.25, -0.2) is 9.97 Å². The fraction of sp³-hybridized carbons (Fsp3) is 0.600. The molecule has 0 aliphatic carbocycles. The van der Waals surface area contributed by atoms with Gasteiger partial charge in [0.05, 0.1) is 0 Å². The highest BCUT2D eigenvalue weighted by Crippen LogP contribution is 2.18. The Kier molecular flexibility index (Phi) is 2.93. The van der Waals surface area contributed by atoms with Crippen LogP contribution >= 0.6 is 0 Å². The fourth-order valence-corrected chi connectivity index (χ4v) is 1.72. The Morgan fingerprint density at radius 1 is 1.43 bits per heavy atom. The Balaban J connectivity index is 1.95. The minimum Gasteiger partial charge on any atom is -0.384 e. The quantitative estimate of drug-likeness (QED) is 0.762. The van der Waals surface area contributed by atoms with Crippen molar-refractivity contribution in [3.05, 3.63) is 18.1 Å². The van der Waals surface area contributed by atoms with E-state index in [0.717, 1.165) is 38.3 Å². The van der Waals surface area contributed by atoms with Crippen molar-refractivity contribution < 1.29 is 4.74 Å². The zero-order chi connectivity index (χ0) is 9.80. The highest BCUT2D eigenvalue weighted by molar-refractivity contribution is 5.25. The molecule has 0 spiro atoms. The first-order chi connectivity index (χ1) is 6.84. The molecule has 1 fully saturated rings. The predicted octanol–water partition coefficient (Wildman–Crippen LogP) is 1.03. The van der Waals surface area contributed by atoms with Crippen LogP contribution in [0.15, 0.2) is 12.3 Å². The molecule has 76 valence electrons. The number of hydrogen-bond donors (Lipinski definition) is 1. The Labute approximate surface area is 83.5 Å². The third-order valence-electron chi connectivity index (χ3n) is 2.54. The van der Waals surface area contributed by atoms with Crippen molar-refractivity contribution in [1.29, 1.82) is 0 Å². The van der Waals surface area contributed by atoms with Gasteiger partial charge in [0.2, 0.25) is 0 Å². The number of nitrogens with two attached hydrogens (primary N) is 1. The number of rotatable bonds is 2. The van der Waals surface area contributed by atoms with Gasteiger partial charge in [-0.1, -0.05) is 0 Å². The van der Waals surface area contributed by atoms with E-state index in [9.17, 15) is 0 Å². The fourth-order valence-electron chi connectivity index (χ4n) is 1.72. The van der Waals surface area contributed by atoms with Crippen LogP contribution < -0.4 is 5.73 Å². The molecule has 0 radical (unpaired) electrons. The van der Waals surface area contributed by atoms with Crippen molar-refractivity contribution in [1.82, 2.24) is 9.97 Å². The van der Waals surface area contributed by atoms with Gasteiger partial charge in [-0.3, -0.25) is 0 Å². The number of ether oxygens (including phenoxy) is 1. The van der Waals surface area contributed by atoms with Gasteiger partial charge >= 0.3 is 0 Å². The third-order valence-corrected chi connectivity index (χ3v) is 2.54. The molecule has 0 aromatic carbocycles. The van der Waals surface area contributed by atoms with Gasteiger partial charge in [0.1, 0.15) is 11.6 Å². The number of aromatic nitrogens is 2. The summed E-state index contributed by atoms with van der Waals surface area (Å²) in [5, 5.41) is 0. The summed E-state index contributed by atoms with van der Waals surface area (Å²) in [6.07, 6.45) is 4.86. The molecule has 0 bridgehead atoms. The van der Waals surface area contributed by atoms with Crippen molar-refractivity contribution in [3.63, 3.8) is 0 Å². The van der Waals surface area contributed by atoms with Crippen molar-refractivity contribution in [2.75, 3.05) is 18.9 Å². The zero-order valence-electron chi connectivity index (χ0n) is 8.15. The molecule has 14 heavy (non-hydrogen) atoms. The predicted molar refractivity (Wildman–Crippen MR) is 53.7 cm³/mol. The molecule has 2 N–H and O–H groups in total. The SMILES string of the molecule is Nc1ccnc(CC2CCOCC2)n1. The van der Waals surface area contributed by atoms with Crippen LogP contribution in [-0.2, 0) is 11.2 Å². The maximum absolute atomic E-state index is 5.59. The number of anilines is 1. The van der Waals surface area contributed by atoms with Gasteiger partial charge in [-0.05, 0) is 24.8 Å². The Hall–Kier alpha value is -1.16. The maximum atomic E-state index is 5.59. The van der Waals surface area contributed by atoms with Crippen molar-refractivity contribution >= 4 is 5.82 Å². The first kappa shape index (κ1) is 9.40. The summed E-state index contributed by atoms with van der Waals surface area (Å²) in [5.74, 6) is 2.07. The van der Waals surface area contributed by atoms with E-state index in [1.807, 2.05) is 0 Å². The molecular weight excluding hydrogens is 178 g/mol. The van der Waals surface area contributed by atoms with Crippen LogP contribution in [0.25, 0.3) is 0 Å². The van der Waals surface area contributed by atoms with E-state index >= 15 is 0 Å². The highest BCUT2D eigenvalue weighted by Gasteiger charge is 2.15. The lowest BCUT2D eigenvalue weighted by atomic mass is 9.96. The van der Waals surface area contributed by atoms with E-state index in [4.69, 9.17) is 10.5 Å². The average Bonchev–Trinajstić information content (AvgIpc) is 2.19. The van der Waals surface area contributed by atoms with E-state index in [1.54, 1.807) is 12.3 Å². The van der Waals surface area contributed by atoms with Gasteiger partial charge in [0.15, 0.2) is 0 Å². The summed E-state index contributed by atoms with van der Waals surface area (Å²) in [6, 6.07) is 1.72. The molecule has 2 heterocycles. The lowest BCUT2D eigenvalue weighted by Crippen LogP contribution is -2.18. The molecule has 0 amide bonds.